The molecule has 0 radical (unpaired) electrons. The summed E-state index contributed by atoms with van der Waals surface area (Å²) >= 11 is 0. The lowest BCUT2D eigenvalue weighted by molar-refractivity contribution is 0.171. The molecular weight excluding hydrogens is 462 g/mol. The highest BCUT2D eigenvalue weighted by Gasteiger charge is 2.19. The smallest absolute Gasteiger partial charge is 0.251 e. The van der Waals surface area contributed by atoms with Crippen molar-refractivity contribution in [2.75, 3.05) is 32.8 Å². The van der Waals surface area contributed by atoms with Gasteiger partial charge < -0.3 is 24.3 Å². The minimum Gasteiger partial charge on any atom is -0.486 e. The molecule has 5 rings (SSSR count). The minimum absolute atomic E-state index is 0. The van der Waals surface area contributed by atoms with Crippen LogP contribution in [0.3, 0.4) is 0 Å². The van der Waals surface area contributed by atoms with Crippen molar-refractivity contribution >= 4 is 23.3 Å². The first-order chi connectivity index (χ1) is 16.6. The Morgan fingerprint density at radius 2 is 1.71 bits per heavy atom. The molecule has 3 heterocycles. The summed E-state index contributed by atoms with van der Waals surface area (Å²) in [6.45, 7) is 10.2. The van der Waals surface area contributed by atoms with Crippen molar-refractivity contribution in [2.24, 2.45) is 0 Å². The van der Waals surface area contributed by atoms with Crippen LogP contribution in [-0.2, 0) is 13.1 Å². The van der Waals surface area contributed by atoms with E-state index >= 15 is 0 Å². The first-order valence-corrected chi connectivity index (χ1v) is 12.5. The van der Waals surface area contributed by atoms with E-state index in [-0.39, 0.29) is 18.0 Å². The summed E-state index contributed by atoms with van der Waals surface area (Å²) in [5.41, 5.74) is 3.65. The number of aromatic nitrogens is 1. The van der Waals surface area contributed by atoms with Crippen LogP contribution in [0.15, 0.2) is 53.3 Å². The fraction of sp³-hybridized carbons (Fsp3) is 0.464. The molecule has 1 fully saturated rings. The molecule has 2 aromatic carbocycles. The van der Waals surface area contributed by atoms with E-state index in [2.05, 4.69) is 54.4 Å². The molecule has 0 bridgehead atoms. The highest BCUT2D eigenvalue weighted by atomic mass is 35.5. The standard InChI is InChI=1S/C28H35N3O3.ClH/c1-20(2)22-4-6-25-23(18-22)5-8-28(32)31(25)14-13-30-11-9-24(10-12-30)29-19-21-3-7-26-27(17-21)34-16-15-33-26;/h3-8,17-18,20,24,29H,9-16,19H2,1-2H3;1H. The van der Waals surface area contributed by atoms with Gasteiger partial charge in [-0.15, -0.1) is 12.4 Å². The number of hydrogen-bond donors (Lipinski definition) is 1. The Hall–Kier alpha value is -2.54. The third-order valence-electron chi connectivity index (χ3n) is 7.11. The van der Waals surface area contributed by atoms with Gasteiger partial charge in [-0.3, -0.25) is 4.79 Å². The van der Waals surface area contributed by atoms with E-state index in [1.807, 2.05) is 16.7 Å². The second-order valence-corrected chi connectivity index (χ2v) is 9.77. The van der Waals surface area contributed by atoms with Gasteiger partial charge in [0, 0.05) is 31.7 Å². The molecule has 0 saturated carbocycles. The second-order valence-electron chi connectivity index (χ2n) is 9.77. The number of piperidine rings is 1. The number of ether oxygens (including phenoxy) is 2. The fourth-order valence-corrected chi connectivity index (χ4v) is 4.97. The Bertz CT molecular complexity index is 1200. The van der Waals surface area contributed by atoms with Gasteiger partial charge in [0.2, 0.25) is 0 Å². The van der Waals surface area contributed by atoms with Gasteiger partial charge >= 0.3 is 0 Å². The number of hydrogen-bond acceptors (Lipinski definition) is 5. The highest BCUT2D eigenvalue weighted by Crippen LogP contribution is 2.30. The zero-order valence-corrected chi connectivity index (χ0v) is 21.5. The predicted molar refractivity (Wildman–Crippen MR) is 143 cm³/mol. The van der Waals surface area contributed by atoms with Crippen LogP contribution in [0, 0.1) is 0 Å². The van der Waals surface area contributed by atoms with E-state index in [1.165, 1.54) is 11.1 Å². The number of nitrogens with one attached hydrogen (secondary N) is 1. The fourth-order valence-electron chi connectivity index (χ4n) is 4.97. The SMILES string of the molecule is CC(C)c1ccc2c(ccc(=O)n2CCN2CCC(NCc3ccc4c(c3)OCCO4)CC2)c1.Cl. The summed E-state index contributed by atoms with van der Waals surface area (Å²) in [5.74, 6) is 2.17. The quantitative estimate of drug-likeness (QED) is 0.518. The van der Waals surface area contributed by atoms with Crippen molar-refractivity contribution in [3.05, 3.63) is 70.0 Å². The maximum absolute atomic E-state index is 12.6. The topological polar surface area (TPSA) is 55.7 Å². The normalized spacial score (nSPS) is 16.4. The Labute approximate surface area is 213 Å². The van der Waals surface area contributed by atoms with Crippen LogP contribution in [0.4, 0.5) is 0 Å². The van der Waals surface area contributed by atoms with Crippen molar-refractivity contribution in [3.63, 3.8) is 0 Å². The van der Waals surface area contributed by atoms with Gasteiger partial charge in [0.05, 0.1) is 5.52 Å². The molecule has 7 heteroatoms. The van der Waals surface area contributed by atoms with E-state index in [0.717, 1.165) is 68.0 Å². The summed E-state index contributed by atoms with van der Waals surface area (Å²) in [6, 6.07) is 16.9. The number of halogens is 1. The Morgan fingerprint density at radius 3 is 2.49 bits per heavy atom. The molecule has 6 nitrogen and oxygen atoms in total. The monoisotopic (exact) mass is 497 g/mol. The number of pyridine rings is 1. The molecule has 188 valence electrons. The number of likely N-dealkylation sites (tertiary alicyclic amines) is 1. The summed E-state index contributed by atoms with van der Waals surface area (Å²) in [6.07, 6.45) is 2.24. The summed E-state index contributed by atoms with van der Waals surface area (Å²) < 4.78 is 13.3. The molecule has 0 unspecified atom stereocenters. The van der Waals surface area contributed by atoms with E-state index in [0.29, 0.717) is 25.2 Å². The van der Waals surface area contributed by atoms with Crippen LogP contribution in [0.25, 0.3) is 10.9 Å². The van der Waals surface area contributed by atoms with Crippen molar-refractivity contribution in [1.82, 2.24) is 14.8 Å². The van der Waals surface area contributed by atoms with Gasteiger partial charge in [0.1, 0.15) is 13.2 Å². The molecule has 0 spiro atoms. The lowest BCUT2D eigenvalue weighted by Gasteiger charge is -2.32. The van der Waals surface area contributed by atoms with E-state index in [4.69, 9.17) is 9.47 Å². The average molecular weight is 498 g/mol. The maximum atomic E-state index is 12.6. The number of rotatable bonds is 7. The zero-order valence-electron chi connectivity index (χ0n) is 20.7. The van der Waals surface area contributed by atoms with Crippen LogP contribution in [0.5, 0.6) is 11.5 Å². The highest BCUT2D eigenvalue weighted by molar-refractivity contribution is 5.85. The Balaban J connectivity index is 0.00000289. The molecule has 1 aromatic heterocycles. The number of nitrogens with zero attached hydrogens (tertiary/aromatic N) is 2. The van der Waals surface area contributed by atoms with Gasteiger partial charge in [0.25, 0.3) is 5.56 Å². The minimum atomic E-state index is 0. The van der Waals surface area contributed by atoms with Crippen LogP contribution in [0.2, 0.25) is 0 Å². The van der Waals surface area contributed by atoms with Crippen molar-refractivity contribution in [2.45, 2.75) is 51.7 Å². The zero-order chi connectivity index (χ0) is 23.5. The van der Waals surface area contributed by atoms with E-state index in [1.54, 1.807) is 6.07 Å². The predicted octanol–water partition coefficient (Wildman–Crippen LogP) is 4.57. The van der Waals surface area contributed by atoms with Crippen LogP contribution >= 0.6 is 12.4 Å². The molecule has 0 atom stereocenters. The summed E-state index contributed by atoms with van der Waals surface area (Å²) in [7, 11) is 0. The summed E-state index contributed by atoms with van der Waals surface area (Å²) in [4.78, 5) is 15.1. The van der Waals surface area contributed by atoms with Crippen LogP contribution < -0.4 is 20.3 Å². The van der Waals surface area contributed by atoms with Crippen molar-refractivity contribution in [1.29, 1.82) is 0 Å². The molecule has 2 aliphatic rings. The van der Waals surface area contributed by atoms with Gasteiger partial charge in [-0.2, -0.15) is 0 Å². The number of fused-ring (bicyclic) bond motifs is 2. The van der Waals surface area contributed by atoms with Crippen LogP contribution in [0.1, 0.15) is 43.7 Å². The molecule has 0 amide bonds. The summed E-state index contributed by atoms with van der Waals surface area (Å²) in [5, 5.41) is 4.85. The first kappa shape index (κ1) is 25.5. The van der Waals surface area contributed by atoms with E-state index < -0.39 is 0 Å². The van der Waals surface area contributed by atoms with Crippen molar-refractivity contribution < 1.29 is 9.47 Å². The lowest BCUT2D eigenvalue weighted by Crippen LogP contribution is -2.43. The molecule has 0 aliphatic carbocycles. The van der Waals surface area contributed by atoms with Crippen molar-refractivity contribution in [3.8, 4) is 11.5 Å². The third-order valence-corrected chi connectivity index (χ3v) is 7.11. The van der Waals surface area contributed by atoms with E-state index in [9.17, 15) is 4.79 Å². The Kier molecular flexibility index (Phi) is 8.37. The number of benzene rings is 2. The molecule has 35 heavy (non-hydrogen) atoms. The van der Waals surface area contributed by atoms with Gasteiger partial charge in [-0.05, 0) is 78.7 Å². The molecular formula is C28H36ClN3O3. The van der Waals surface area contributed by atoms with Crippen LogP contribution in [-0.4, -0.2) is 48.4 Å². The molecule has 3 aromatic rings. The third kappa shape index (κ3) is 6.00. The van der Waals surface area contributed by atoms with Gasteiger partial charge in [-0.1, -0.05) is 26.0 Å². The molecule has 1 N–H and O–H groups in total. The first-order valence-electron chi connectivity index (χ1n) is 12.5. The van der Waals surface area contributed by atoms with Gasteiger partial charge in [0.15, 0.2) is 11.5 Å². The Morgan fingerprint density at radius 1 is 0.943 bits per heavy atom. The molecule has 2 aliphatic heterocycles. The molecule has 1 saturated heterocycles. The lowest BCUT2D eigenvalue weighted by atomic mass is 10.0. The maximum Gasteiger partial charge on any atom is 0.251 e. The average Bonchev–Trinajstić information content (AvgIpc) is 2.87. The van der Waals surface area contributed by atoms with Gasteiger partial charge in [-0.25, -0.2) is 0 Å². The second kappa shape index (κ2) is 11.5. The largest absolute Gasteiger partial charge is 0.486 e.